The zero-order valence-corrected chi connectivity index (χ0v) is 19.6. The summed E-state index contributed by atoms with van der Waals surface area (Å²) in [5.41, 5.74) is 9.75. The van der Waals surface area contributed by atoms with Gasteiger partial charge in [0.1, 0.15) is 5.75 Å². The molecule has 0 radical (unpaired) electrons. The van der Waals surface area contributed by atoms with Crippen LogP contribution >= 0.6 is 0 Å². The van der Waals surface area contributed by atoms with E-state index in [2.05, 4.69) is 82.7 Å². The van der Waals surface area contributed by atoms with Gasteiger partial charge >= 0.3 is 0 Å². The summed E-state index contributed by atoms with van der Waals surface area (Å²) >= 11 is 0. The Morgan fingerprint density at radius 2 is 1.43 bits per heavy atom. The average molecular weight is 464 g/mol. The second kappa shape index (κ2) is 10.1. The van der Waals surface area contributed by atoms with Gasteiger partial charge in [-0.05, 0) is 60.8 Å². The van der Waals surface area contributed by atoms with Crippen LogP contribution in [0.25, 0.3) is 0 Å². The van der Waals surface area contributed by atoms with Crippen molar-refractivity contribution >= 4 is 5.91 Å². The second-order valence-electron chi connectivity index (χ2n) is 9.09. The molecule has 1 saturated heterocycles. The lowest BCUT2D eigenvalue weighted by atomic mass is 9.68. The van der Waals surface area contributed by atoms with Crippen molar-refractivity contribution in [2.24, 2.45) is 5.73 Å². The van der Waals surface area contributed by atoms with Crippen LogP contribution in [0.2, 0.25) is 0 Å². The highest BCUT2D eigenvalue weighted by Gasteiger charge is 2.37. The van der Waals surface area contributed by atoms with E-state index in [4.69, 9.17) is 10.5 Å². The van der Waals surface area contributed by atoms with Gasteiger partial charge in [-0.3, -0.25) is 9.69 Å². The number of aromatic nitrogens is 1. The van der Waals surface area contributed by atoms with E-state index < -0.39 is 5.91 Å². The van der Waals surface area contributed by atoms with E-state index in [0.29, 0.717) is 17.2 Å². The molecule has 1 aliphatic heterocycles. The number of hydrogen-bond acceptors (Lipinski definition) is 4. The number of likely N-dealkylation sites (tertiary alicyclic amines) is 1. The Hall–Kier alpha value is -3.96. The average Bonchev–Trinajstić information content (AvgIpc) is 2.92. The number of nitrogens with two attached hydrogens (primary N) is 1. The van der Waals surface area contributed by atoms with Crippen molar-refractivity contribution in [1.29, 1.82) is 0 Å². The molecule has 3 aromatic carbocycles. The van der Waals surface area contributed by atoms with Crippen LogP contribution in [0, 0.1) is 0 Å². The molecule has 2 heterocycles. The molecule has 1 fully saturated rings. The zero-order chi connectivity index (χ0) is 24.1. The number of primary amides is 1. The smallest absolute Gasteiger partial charge is 0.250 e. The number of piperidine rings is 1. The summed E-state index contributed by atoms with van der Waals surface area (Å²) in [4.78, 5) is 17.9. The molecule has 2 N–H and O–H groups in total. The molecule has 4 aromatic rings. The van der Waals surface area contributed by atoms with Crippen molar-refractivity contribution in [1.82, 2.24) is 9.88 Å². The largest absolute Gasteiger partial charge is 0.439 e. The third kappa shape index (κ3) is 5.10. The number of hydrogen-bond donors (Lipinski definition) is 1. The first-order valence-electron chi connectivity index (χ1n) is 12.0. The predicted molar refractivity (Wildman–Crippen MR) is 137 cm³/mol. The van der Waals surface area contributed by atoms with Gasteiger partial charge < -0.3 is 10.5 Å². The third-order valence-electron chi connectivity index (χ3n) is 6.94. The molecule has 5 rings (SSSR count). The van der Waals surface area contributed by atoms with Gasteiger partial charge in [0.15, 0.2) is 0 Å². The normalized spacial score (nSPS) is 15.4. The van der Waals surface area contributed by atoms with Crippen molar-refractivity contribution in [3.63, 3.8) is 0 Å². The first-order valence-corrected chi connectivity index (χ1v) is 12.0. The first-order chi connectivity index (χ1) is 17.1. The van der Waals surface area contributed by atoms with E-state index in [0.717, 1.165) is 32.5 Å². The Balaban J connectivity index is 1.23. The summed E-state index contributed by atoms with van der Waals surface area (Å²) in [6.07, 6.45) is 3.61. The van der Waals surface area contributed by atoms with E-state index in [1.165, 1.54) is 22.9 Å². The molecule has 35 heavy (non-hydrogen) atoms. The molecule has 5 nitrogen and oxygen atoms in total. The van der Waals surface area contributed by atoms with Gasteiger partial charge in [0, 0.05) is 24.2 Å². The monoisotopic (exact) mass is 463 g/mol. The molecule has 0 spiro atoms. The third-order valence-corrected chi connectivity index (χ3v) is 6.94. The van der Waals surface area contributed by atoms with E-state index in [1.807, 2.05) is 12.1 Å². The number of ether oxygens (including phenoxy) is 1. The fourth-order valence-electron chi connectivity index (χ4n) is 4.98. The van der Waals surface area contributed by atoms with Crippen LogP contribution in [0.3, 0.4) is 0 Å². The second-order valence-corrected chi connectivity index (χ2v) is 9.09. The van der Waals surface area contributed by atoms with Gasteiger partial charge in [-0.25, -0.2) is 4.98 Å². The van der Waals surface area contributed by atoms with Gasteiger partial charge in [-0.15, -0.1) is 0 Å². The highest BCUT2D eigenvalue weighted by molar-refractivity contribution is 5.92. The van der Waals surface area contributed by atoms with E-state index in [1.54, 1.807) is 12.1 Å². The molecule has 1 aliphatic rings. The lowest BCUT2D eigenvalue weighted by Gasteiger charge is -2.43. The Morgan fingerprint density at radius 1 is 0.829 bits per heavy atom. The van der Waals surface area contributed by atoms with Gasteiger partial charge in [0.05, 0.1) is 5.56 Å². The van der Waals surface area contributed by atoms with Gasteiger partial charge in [0.2, 0.25) is 11.8 Å². The molecule has 1 amide bonds. The Bertz CT molecular complexity index is 1210. The Morgan fingerprint density at radius 3 is 1.94 bits per heavy atom. The van der Waals surface area contributed by atoms with Crippen molar-refractivity contribution in [3.05, 3.63) is 126 Å². The molecule has 0 saturated carbocycles. The highest BCUT2D eigenvalue weighted by atomic mass is 16.5. The summed E-state index contributed by atoms with van der Waals surface area (Å²) in [5.74, 6) is 0.631. The fraction of sp³-hybridized carbons (Fsp3) is 0.200. The SMILES string of the molecule is NC(=O)c1ccc(Oc2ccc(CN3CCC(c4ccccc4)(c4ccccc4)CC3)cc2)nc1. The summed E-state index contributed by atoms with van der Waals surface area (Å²) < 4.78 is 5.81. The first kappa shape index (κ1) is 22.8. The van der Waals surface area contributed by atoms with Crippen LogP contribution in [0.4, 0.5) is 0 Å². The van der Waals surface area contributed by atoms with Gasteiger partial charge in [-0.2, -0.15) is 0 Å². The fourth-order valence-corrected chi connectivity index (χ4v) is 4.98. The summed E-state index contributed by atoms with van der Waals surface area (Å²) in [6, 6.07) is 33.3. The molecule has 1 aromatic heterocycles. The number of carbonyl (C=O) groups excluding carboxylic acids is 1. The van der Waals surface area contributed by atoms with Crippen LogP contribution in [-0.4, -0.2) is 28.9 Å². The van der Waals surface area contributed by atoms with E-state index >= 15 is 0 Å². The number of amides is 1. The summed E-state index contributed by atoms with van der Waals surface area (Å²) in [7, 11) is 0. The quantitative estimate of drug-likeness (QED) is 0.390. The molecular formula is C30H29N3O2. The lowest BCUT2D eigenvalue weighted by molar-refractivity contribution is 0.1000. The van der Waals surface area contributed by atoms with Crippen molar-refractivity contribution in [3.8, 4) is 11.6 Å². The standard InChI is InChI=1S/C30H29N3O2/c31-29(34)24-13-16-28(32-21-24)35-27-14-11-23(12-15-27)22-33-19-17-30(18-20-33,25-7-3-1-4-8-25)26-9-5-2-6-10-26/h1-16,21H,17-20,22H2,(H2,31,34). The number of nitrogens with zero attached hydrogens (tertiary/aromatic N) is 2. The lowest BCUT2D eigenvalue weighted by Crippen LogP contribution is -2.43. The van der Waals surface area contributed by atoms with Crippen LogP contribution in [0.1, 0.15) is 39.9 Å². The predicted octanol–water partition coefficient (Wildman–Crippen LogP) is 5.55. The number of rotatable bonds is 7. The minimum Gasteiger partial charge on any atom is -0.439 e. The van der Waals surface area contributed by atoms with Crippen molar-refractivity contribution < 1.29 is 9.53 Å². The minimum absolute atomic E-state index is 0.0633. The Kier molecular flexibility index (Phi) is 6.59. The van der Waals surface area contributed by atoms with Crippen LogP contribution in [-0.2, 0) is 12.0 Å². The van der Waals surface area contributed by atoms with Crippen LogP contribution in [0.5, 0.6) is 11.6 Å². The topological polar surface area (TPSA) is 68.5 Å². The van der Waals surface area contributed by atoms with E-state index in [-0.39, 0.29) is 5.41 Å². The van der Waals surface area contributed by atoms with Crippen LogP contribution in [0.15, 0.2) is 103 Å². The van der Waals surface area contributed by atoms with Crippen LogP contribution < -0.4 is 10.5 Å². The highest BCUT2D eigenvalue weighted by Crippen LogP contribution is 2.41. The molecule has 176 valence electrons. The number of carbonyl (C=O) groups is 1. The summed E-state index contributed by atoms with van der Waals surface area (Å²) in [5, 5.41) is 0. The maximum absolute atomic E-state index is 11.2. The maximum atomic E-state index is 11.2. The molecule has 0 bridgehead atoms. The molecule has 0 atom stereocenters. The van der Waals surface area contributed by atoms with Gasteiger partial charge in [-0.1, -0.05) is 72.8 Å². The zero-order valence-electron chi connectivity index (χ0n) is 19.6. The maximum Gasteiger partial charge on any atom is 0.250 e. The molecule has 5 heteroatoms. The number of pyridine rings is 1. The Labute approximate surface area is 206 Å². The summed E-state index contributed by atoms with van der Waals surface area (Å²) in [6.45, 7) is 2.99. The van der Waals surface area contributed by atoms with E-state index in [9.17, 15) is 4.79 Å². The van der Waals surface area contributed by atoms with Crippen molar-refractivity contribution in [2.75, 3.05) is 13.1 Å². The molecule has 0 unspecified atom stereocenters. The van der Waals surface area contributed by atoms with Crippen molar-refractivity contribution in [2.45, 2.75) is 24.8 Å². The number of benzene rings is 3. The molecule has 0 aliphatic carbocycles. The molecular weight excluding hydrogens is 434 g/mol. The minimum atomic E-state index is -0.504. The van der Waals surface area contributed by atoms with Gasteiger partial charge in [0.25, 0.3) is 0 Å².